The fourth-order valence-electron chi connectivity index (χ4n) is 4.09. The van der Waals surface area contributed by atoms with E-state index in [1.54, 1.807) is 6.07 Å². The van der Waals surface area contributed by atoms with Crippen LogP contribution in [0.3, 0.4) is 0 Å². The number of benzene rings is 3. The molecule has 5 rings (SSSR count). The quantitative estimate of drug-likeness (QED) is 0.338. The predicted molar refractivity (Wildman–Crippen MR) is 109 cm³/mol. The monoisotopic (exact) mass is 390 g/mol. The molecule has 0 aliphatic heterocycles. The van der Waals surface area contributed by atoms with Gasteiger partial charge in [-0.05, 0) is 34.9 Å². The Hall–Kier alpha value is -3.47. The van der Waals surface area contributed by atoms with Crippen molar-refractivity contribution in [2.75, 3.05) is 0 Å². The van der Waals surface area contributed by atoms with E-state index in [0.29, 0.717) is 5.56 Å². The Labute approximate surface area is 165 Å². The highest BCUT2D eigenvalue weighted by Crippen LogP contribution is 2.41. The number of alkyl halides is 3. The van der Waals surface area contributed by atoms with Crippen molar-refractivity contribution in [2.24, 2.45) is 0 Å². The number of H-pyrrole nitrogens is 2. The zero-order valence-electron chi connectivity index (χ0n) is 15.3. The van der Waals surface area contributed by atoms with Crippen molar-refractivity contribution in [1.82, 2.24) is 9.97 Å². The maximum Gasteiger partial charge on any atom is 0.416 e. The van der Waals surface area contributed by atoms with Crippen molar-refractivity contribution in [3.63, 3.8) is 0 Å². The SMILES string of the molecule is FC(F)(F)c1cccc(C(c2c[nH]c3ccccc23)c2c[nH]c3ccccc23)c1. The summed E-state index contributed by atoms with van der Waals surface area (Å²) < 4.78 is 40.2. The van der Waals surface area contributed by atoms with E-state index in [0.717, 1.165) is 39.0 Å². The van der Waals surface area contributed by atoms with Gasteiger partial charge in [0.15, 0.2) is 0 Å². The van der Waals surface area contributed by atoms with E-state index in [9.17, 15) is 13.2 Å². The average Bonchev–Trinajstić information content (AvgIpc) is 3.34. The van der Waals surface area contributed by atoms with Crippen molar-refractivity contribution >= 4 is 21.8 Å². The van der Waals surface area contributed by atoms with E-state index in [4.69, 9.17) is 0 Å². The van der Waals surface area contributed by atoms with E-state index in [1.807, 2.05) is 60.9 Å². The number of hydrogen-bond donors (Lipinski definition) is 2. The van der Waals surface area contributed by atoms with Crippen LogP contribution in [0.2, 0.25) is 0 Å². The average molecular weight is 390 g/mol. The Morgan fingerprint density at radius 1 is 0.655 bits per heavy atom. The van der Waals surface area contributed by atoms with Crippen LogP contribution in [-0.4, -0.2) is 9.97 Å². The van der Waals surface area contributed by atoms with E-state index in [2.05, 4.69) is 9.97 Å². The summed E-state index contributed by atoms with van der Waals surface area (Å²) in [5.41, 5.74) is 3.78. The Bertz CT molecular complexity index is 1240. The van der Waals surface area contributed by atoms with Crippen molar-refractivity contribution in [1.29, 1.82) is 0 Å². The van der Waals surface area contributed by atoms with E-state index >= 15 is 0 Å². The lowest BCUT2D eigenvalue weighted by Crippen LogP contribution is -2.08. The number of rotatable bonds is 3. The van der Waals surface area contributed by atoms with Crippen molar-refractivity contribution in [3.8, 4) is 0 Å². The van der Waals surface area contributed by atoms with E-state index in [1.165, 1.54) is 12.1 Å². The van der Waals surface area contributed by atoms with Gasteiger partial charge < -0.3 is 9.97 Å². The summed E-state index contributed by atoms with van der Waals surface area (Å²) in [7, 11) is 0. The Kier molecular flexibility index (Phi) is 3.98. The molecule has 5 aromatic rings. The van der Waals surface area contributed by atoms with Gasteiger partial charge in [-0.2, -0.15) is 13.2 Å². The lowest BCUT2D eigenvalue weighted by Gasteiger charge is -2.19. The third kappa shape index (κ3) is 2.99. The van der Waals surface area contributed by atoms with Crippen LogP contribution in [0.1, 0.15) is 28.2 Å². The molecule has 0 fully saturated rings. The first-order chi connectivity index (χ1) is 14.0. The first-order valence-corrected chi connectivity index (χ1v) is 9.31. The highest BCUT2D eigenvalue weighted by atomic mass is 19.4. The van der Waals surface area contributed by atoms with Gasteiger partial charge in [0.2, 0.25) is 0 Å². The smallest absolute Gasteiger partial charge is 0.361 e. The summed E-state index contributed by atoms with van der Waals surface area (Å²) in [5, 5.41) is 2.00. The van der Waals surface area contributed by atoms with Gasteiger partial charge in [0.1, 0.15) is 0 Å². The molecule has 3 aromatic carbocycles. The minimum atomic E-state index is -4.39. The number of para-hydroxylation sites is 2. The van der Waals surface area contributed by atoms with Gasteiger partial charge >= 0.3 is 6.18 Å². The lowest BCUT2D eigenvalue weighted by atomic mass is 9.84. The second-order valence-electron chi connectivity index (χ2n) is 7.14. The Balaban J connectivity index is 1.79. The largest absolute Gasteiger partial charge is 0.416 e. The summed E-state index contributed by atoms with van der Waals surface area (Å²) >= 11 is 0. The zero-order chi connectivity index (χ0) is 20.0. The number of fused-ring (bicyclic) bond motifs is 2. The predicted octanol–water partition coefficient (Wildman–Crippen LogP) is 6.85. The summed E-state index contributed by atoms with van der Waals surface area (Å²) in [4.78, 5) is 6.52. The van der Waals surface area contributed by atoms with Gasteiger partial charge in [-0.25, -0.2) is 0 Å². The van der Waals surface area contributed by atoms with Gasteiger partial charge in [-0.1, -0.05) is 54.6 Å². The molecule has 5 heteroatoms. The molecular formula is C24H17F3N2. The number of aromatic nitrogens is 2. The fraction of sp³-hybridized carbons (Fsp3) is 0.0833. The second-order valence-corrected chi connectivity index (χ2v) is 7.14. The molecule has 0 aliphatic rings. The molecule has 2 aromatic heterocycles. The zero-order valence-corrected chi connectivity index (χ0v) is 15.3. The highest BCUT2D eigenvalue weighted by Gasteiger charge is 2.32. The molecule has 0 atom stereocenters. The van der Waals surface area contributed by atoms with Crippen LogP contribution in [0.25, 0.3) is 21.8 Å². The normalized spacial score (nSPS) is 12.3. The van der Waals surface area contributed by atoms with Gasteiger partial charge in [-0.3, -0.25) is 0 Å². The lowest BCUT2D eigenvalue weighted by molar-refractivity contribution is -0.137. The minimum absolute atomic E-state index is 0.343. The maximum atomic E-state index is 13.4. The number of aromatic amines is 2. The Morgan fingerprint density at radius 2 is 1.21 bits per heavy atom. The first kappa shape index (κ1) is 17.6. The topological polar surface area (TPSA) is 31.6 Å². The molecule has 0 radical (unpaired) electrons. The molecule has 0 saturated heterocycles. The highest BCUT2D eigenvalue weighted by molar-refractivity contribution is 5.89. The van der Waals surface area contributed by atoms with Crippen molar-refractivity contribution < 1.29 is 13.2 Å². The second kappa shape index (κ2) is 6.55. The van der Waals surface area contributed by atoms with Crippen LogP contribution < -0.4 is 0 Å². The van der Waals surface area contributed by atoms with Crippen molar-refractivity contribution in [3.05, 3.63) is 107 Å². The maximum absolute atomic E-state index is 13.4. The summed E-state index contributed by atoms with van der Waals surface area (Å²) in [6.45, 7) is 0. The van der Waals surface area contributed by atoms with Gasteiger partial charge in [0.05, 0.1) is 5.56 Å². The summed E-state index contributed by atoms with van der Waals surface area (Å²) in [6, 6.07) is 21.3. The van der Waals surface area contributed by atoms with Crippen LogP contribution in [0.5, 0.6) is 0 Å². The fourth-order valence-corrected chi connectivity index (χ4v) is 4.09. The standard InChI is InChI=1S/C24H17F3N2/c25-24(26,27)16-7-5-6-15(12-16)23(19-13-28-21-10-3-1-8-17(19)21)20-14-29-22-11-4-2-9-18(20)22/h1-14,23,28-29H. The van der Waals surface area contributed by atoms with Gasteiger partial charge in [0, 0.05) is 40.1 Å². The summed E-state index contributed by atoms with van der Waals surface area (Å²) in [6.07, 6.45) is -0.588. The molecular weight excluding hydrogens is 373 g/mol. The van der Waals surface area contributed by atoms with Gasteiger partial charge in [-0.15, -0.1) is 0 Å². The first-order valence-electron chi connectivity index (χ1n) is 9.31. The molecule has 29 heavy (non-hydrogen) atoms. The van der Waals surface area contributed by atoms with E-state index < -0.39 is 11.7 Å². The number of nitrogens with one attached hydrogen (secondary N) is 2. The van der Waals surface area contributed by atoms with Crippen LogP contribution in [-0.2, 0) is 6.18 Å². The van der Waals surface area contributed by atoms with E-state index in [-0.39, 0.29) is 5.92 Å². The Morgan fingerprint density at radius 3 is 1.76 bits per heavy atom. The molecule has 0 unspecified atom stereocenters. The number of halogens is 3. The number of hydrogen-bond acceptors (Lipinski definition) is 0. The summed E-state index contributed by atoms with van der Waals surface area (Å²) in [5.74, 6) is -0.343. The van der Waals surface area contributed by atoms with Crippen LogP contribution in [0.4, 0.5) is 13.2 Å². The molecule has 0 bridgehead atoms. The molecule has 0 spiro atoms. The van der Waals surface area contributed by atoms with Crippen LogP contribution in [0.15, 0.2) is 85.2 Å². The molecule has 0 amide bonds. The van der Waals surface area contributed by atoms with Gasteiger partial charge in [0.25, 0.3) is 0 Å². The third-order valence-corrected chi connectivity index (χ3v) is 5.41. The van der Waals surface area contributed by atoms with Crippen LogP contribution in [0, 0.1) is 0 Å². The minimum Gasteiger partial charge on any atom is -0.361 e. The van der Waals surface area contributed by atoms with Crippen LogP contribution >= 0.6 is 0 Å². The third-order valence-electron chi connectivity index (χ3n) is 5.41. The molecule has 2 nitrogen and oxygen atoms in total. The molecule has 0 saturated carbocycles. The molecule has 0 aliphatic carbocycles. The molecule has 144 valence electrons. The van der Waals surface area contributed by atoms with Crippen molar-refractivity contribution in [2.45, 2.75) is 12.1 Å². The molecule has 2 N–H and O–H groups in total. The molecule has 2 heterocycles.